The fraction of sp³-hybridized carbons (Fsp3) is 0.429. The van der Waals surface area contributed by atoms with E-state index >= 15 is 0 Å². The van der Waals surface area contributed by atoms with Gasteiger partial charge >= 0.3 is 0 Å². The summed E-state index contributed by atoms with van der Waals surface area (Å²) < 4.78 is 28.5. The van der Waals surface area contributed by atoms with Crippen LogP contribution >= 0.6 is 0 Å². The summed E-state index contributed by atoms with van der Waals surface area (Å²) >= 11 is 0. The summed E-state index contributed by atoms with van der Waals surface area (Å²) in [6.07, 6.45) is -1.04. The lowest BCUT2D eigenvalue weighted by atomic mass is 9.91. The molecule has 0 bridgehead atoms. The van der Waals surface area contributed by atoms with Gasteiger partial charge in [-0.05, 0) is 30.3 Å². The molecule has 2 aromatic carbocycles. The number of halogens is 1. The van der Waals surface area contributed by atoms with Gasteiger partial charge in [0.25, 0.3) is 5.91 Å². The van der Waals surface area contributed by atoms with Crippen LogP contribution in [-0.4, -0.2) is 111 Å². The molecule has 2 aromatic heterocycles. The van der Waals surface area contributed by atoms with Crippen LogP contribution < -0.4 is 4.90 Å². The molecule has 12 nitrogen and oxygen atoms in total. The monoisotopic (exact) mass is 567 g/mol. The Bertz CT molecular complexity index is 1510. The Morgan fingerprint density at radius 2 is 2.00 bits per heavy atom. The van der Waals surface area contributed by atoms with Crippen LogP contribution in [0.2, 0.25) is 0 Å². The average molecular weight is 568 g/mol. The Balaban J connectivity index is 1.32. The van der Waals surface area contributed by atoms with Gasteiger partial charge in [-0.3, -0.25) is 9.48 Å². The molecule has 41 heavy (non-hydrogen) atoms. The number of benzene rings is 2. The predicted molar refractivity (Wildman–Crippen MR) is 149 cm³/mol. The fourth-order valence-electron chi connectivity index (χ4n) is 5.21. The van der Waals surface area contributed by atoms with Crippen LogP contribution in [0.3, 0.4) is 0 Å². The maximum atomic E-state index is 13.8. The third-order valence-electron chi connectivity index (χ3n) is 7.64. The standard InChI is InChI=1S/C28H34FN7O5/c1-33(20-8-9-22-18(13-20)14-30-35(22)3)10-11-34(2)28(39)27-26(40-4)24(25(38)23(16-37)41-27)36-15-21(31-32-36)17-6-5-7-19(29)12-17/h5-9,12-15,23-27,37-38H,10-11,16H2,1-4H3/t23-,24+,25+,26-,27-/m1/s1. The normalized spacial score (nSPS) is 22.7. The highest BCUT2D eigenvalue weighted by Gasteiger charge is 2.50. The summed E-state index contributed by atoms with van der Waals surface area (Å²) in [7, 11) is 6.92. The highest BCUT2D eigenvalue weighted by Crippen LogP contribution is 2.33. The van der Waals surface area contributed by atoms with E-state index in [4.69, 9.17) is 9.47 Å². The lowest BCUT2D eigenvalue weighted by Crippen LogP contribution is -2.61. The number of nitrogens with zero attached hydrogens (tertiary/aromatic N) is 7. The first-order valence-electron chi connectivity index (χ1n) is 13.2. The number of methoxy groups -OCH3 is 1. The molecule has 2 N–H and O–H groups in total. The van der Waals surface area contributed by atoms with Crippen LogP contribution in [0.1, 0.15) is 6.04 Å². The second kappa shape index (κ2) is 11.9. The van der Waals surface area contributed by atoms with Gasteiger partial charge in [0.1, 0.15) is 35.9 Å². The average Bonchev–Trinajstić information content (AvgIpc) is 3.61. The minimum Gasteiger partial charge on any atom is -0.394 e. The molecular weight excluding hydrogens is 533 g/mol. The predicted octanol–water partition coefficient (Wildman–Crippen LogP) is 1.24. The van der Waals surface area contributed by atoms with Gasteiger partial charge in [0.2, 0.25) is 0 Å². The largest absolute Gasteiger partial charge is 0.394 e. The topological polar surface area (TPSA) is 131 Å². The first kappa shape index (κ1) is 28.6. The zero-order valence-corrected chi connectivity index (χ0v) is 23.3. The van der Waals surface area contributed by atoms with Gasteiger partial charge in [-0.1, -0.05) is 17.3 Å². The van der Waals surface area contributed by atoms with Crippen LogP contribution in [0.4, 0.5) is 10.1 Å². The van der Waals surface area contributed by atoms with Crippen molar-refractivity contribution in [3.05, 3.63) is 60.7 Å². The zero-order chi connectivity index (χ0) is 29.3. The number of hydrogen-bond donors (Lipinski definition) is 2. The Morgan fingerprint density at radius 3 is 2.73 bits per heavy atom. The van der Waals surface area contributed by atoms with Crippen molar-refractivity contribution in [1.82, 2.24) is 29.7 Å². The first-order valence-corrected chi connectivity index (χ1v) is 13.2. The van der Waals surface area contributed by atoms with Gasteiger partial charge in [-0.25, -0.2) is 9.07 Å². The van der Waals surface area contributed by atoms with E-state index in [0.29, 0.717) is 24.3 Å². The number of aliphatic hydroxyl groups is 2. The molecule has 5 atom stereocenters. The number of anilines is 1. The highest BCUT2D eigenvalue weighted by atomic mass is 19.1. The maximum Gasteiger partial charge on any atom is 0.254 e. The van der Waals surface area contributed by atoms with Crippen molar-refractivity contribution in [3.63, 3.8) is 0 Å². The van der Waals surface area contributed by atoms with Crippen molar-refractivity contribution in [3.8, 4) is 11.3 Å². The molecular formula is C28H34FN7O5. The lowest BCUT2D eigenvalue weighted by Gasteiger charge is -2.43. The van der Waals surface area contributed by atoms with Crippen molar-refractivity contribution >= 4 is 22.5 Å². The quantitative estimate of drug-likeness (QED) is 0.307. The van der Waals surface area contributed by atoms with Gasteiger partial charge in [-0.2, -0.15) is 5.10 Å². The first-order chi connectivity index (χ1) is 19.7. The number of amides is 1. The number of likely N-dealkylation sites (N-methyl/N-ethyl adjacent to an activating group) is 2. The SMILES string of the molecule is CO[C@@H]1[C@@H](n2cc(-c3cccc(F)c3)nn2)[C@@H](O)[C@@H](CO)O[C@H]1C(=O)N(C)CCN(C)c1ccc2c(cnn2C)c1. The molecule has 0 saturated carbocycles. The molecule has 4 aromatic rings. The van der Waals surface area contributed by atoms with Crippen LogP contribution in [0.25, 0.3) is 22.2 Å². The number of aliphatic hydroxyl groups excluding tert-OH is 2. The number of aryl methyl sites for hydroxylation is 1. The number of fused-ring (bicyclic) bond motifs is 1. The third kappa shape index (κ3) is 5.66. The van der Waals surface area contributed by atoms with Gasteiger partial charge in [0.15, 0.2) is 6.10 Å². The molecule has 1 saturated heterocycles. The minimum atomic E-state index is -1.25. The Morgan fingerprint density at radius 1 is 1.20 bits per heavy atom. The molecule has 1 aliphatic rings. The second-order valence-corrected chi connectivity index (χ2v) is 10.2. The third-order valence-corrected chi connectivity index (χ3v) is 7.64. The molecule has 3 heterocycles. The summed E-state index contributed by atoms with van der Waals surface area (Å²) in [6.45, 7) is 0.390. The number of aromatic nitrogens is 5. The van der Waals surface area contributed by atoms with Crippen molar-refractivity contribution in [2.75, 3.05) is 45.8 Å². The molecule has 5 rings (SSSR count). The number of hydrogen-bond acceptors (Lipinski definition) is 9. The van der Waals surface area contributed by atoms with Crippen LogP contribution in [0, 0.1) is 5.82 Å². The molecule has 218 valence electrons. The summed E-state index contributed by atoms with van der Waals surface area (Å²) in [5, 5.41) is 34.6. The van der Waals surface area contributed by atoms with E-state index in [-0.39, 0.29) is 5.91 Å². The van der Waals surface area contributed by atoms with Gasteiger partial charge in [0.05, 0.1) is 24.5 Å². The zero-order valence-electron chi connectivity index (χ0n) is 23.3. The number of carbonyl (C=O) groups excluding carboxylic acids is 1. The number of rotatable bonds is 9. The molecule has 1 amide bonds. The van der Waals surface area contributed by atoms with E-state index in [1.54, 1.807) is 30.3 Å². The van der Waals surface area contributed by atoms with Crippen molar-refractivity contribution in [2.24, 2.45) is 7.05 Å². The summed E-state index contributed by atoms with van der Waals surface area (Å²) in [4.78, 5) is 17.2. The molecule has 1 aliphatic heterocycles. The summed E-state index contributed by atoms with van der Waals surface area (Å²) in [5.41, 5.74) is 2.90. The Hall–Kier alpha value is -3.91. The van der Waals surface area contributed by atoms with E-state index in [1.807, 2.05) is 48.1 Å². The van der Waals surface area contributed by atoms with Crippen LogP contribution in [0.15, 0.2) is 54.9 Å². The van der Waals surface area contributed by atoms with Crippen molar-refractivity contribution in [2.45, 2.75) is 30.5 Å². The minimum absolute atomic E-state index is 0.367. The van der Waals surface area contributed by atoms with Gasteiger partial charge in [-0.15, -0.1) is 5.10 Å². The smallest absolute Gasteiger partial charge is 0.254 e. The summed E-state index contributed by atoms with van der Waals surface area (Å²) in [6, 6.07) is 11.1. The molecule has 1 fully saturated rings. The van der Waals surface area contributed by atoms with Crippen molar-refractivity contribution < 1.29 is 28.9 Å². The van der Waals surface area contributed by atoms with E-state index in [9.17, 15) is 19.4 Å². The second-order valence-electron chi connectivity index (χ2n) is 10.2. The Labute approximate surface area is 236 Å². The van der Waals surface area contributed by atoms with Crippen molar-refractivity contribution in [1.29, 1.82) is 0 Å². The molecule has 0 spiro atoms. The van der Waals surface area contributed by atoms with E-state index in [0.717, 1.165) is 16.6 Å². The highest BCUT2D eigenvalue weighted by molar-refractivity contribution is 5.83. The van der Waals surface area contributed by atoms with Crippen LogP contribution in [-0.2, 0) is 21.3 Å². The van der Waals surface area contributed by atoms with Crippen LogP contribution in [0.5, 0.6) is 0 Å². The van der Waals surface area contributed by atoms with E-state index in [2.05, 4.69) is 15.4 Å². The molecule has 0 radical (unpaired) electrons. The maximum absolute atomic E-state index is 13.8. The van der Waals surface area contributed by atoms with Gasteiger partial charge in [0, 0.05) is 58.0 Å². The number of carbonyl (C=O) groups is 1. The van der Waals surface area contributed by atoms with Gasteiger partial charge < -0.3 is 29.5 Å². The van der Waals surface area contributed by atoms with E-state index < -0.39 is 42.9 Å². The molecule has 13 heteroatoms. The molecule has 0 unspecified atom stereocenters. The fourth-order valence-corrected chi connectivity index (χ4v) is 5.21. The molecule has 0 aliphatic carbocycles. The number of ether oxygens (including phenoxy) is 2. The Kier molecular flexibility index (Phi) is 8.31. The van der Waals surface area contributed by atoms with E-state index in [1.165, 1.54) is 23.9 Å². The summed E-state index contributed by atoms with van der Waals surface area (Å²) in [5.74, 6) is -0.788. The lowest BCUT2D eigenvalue weighted by molar-refractivity contribution is -0.216.